The van der Waals surface area contributed by atoms with E-state index in [2.05, 4.69) is 4.98 Å². The van der Waals surface area contributed by atoms with E-state index in [1.807, 2.05) is 6.07 Å². The molecule has 0 saturated carbocycles. The van der Waals surface area contributed by atoms with Crippen molar-refractivity contribution in [3.63, 3.8) is 0 Å². The van der Waals surface area contributed by atoms with E-state index < -0.39 is 5.97 Å². The van der Waals surface area contributed by atoms with Crippen LogP contribution in [0.15, 0.2) is 34.1 Å². The van der Waals surface area contributed by atoms with Crippen molar-refractivity contribution in [1.82, 2.24) is 4.98 Å². The van der Waals surface area contributed by atoms with Gasteiger partial charge in [-0.2, -0.15) is 0 Å². The van der Waals surface area contributed by atoms with Crippen LogP contribution in [0, 0.1) is 5.41 Å². The van der Waals surface area contributed by atoms with Gasteiger partial charge in [0.2, 0.25) is 0 Å². The summed E-state index contributed by atoms with van der Waals surface area (Å²) in [6.07, 6.45) is 4.94. The molecular weight excluding hydrogens is 324 g/mol. The van der Waals surface area contributed by atoms with Crippen molar-refractivity contribution in [3.05, 3.63) is 62.4 Å². The van der Waals surface area contributed by atoms with Gasteiger partial charge in [-0.1, -0.05) is 18.2 Å². The van der Waals surface area contributed by atoms with Gasteiger partial charge >= 0.3 is 5.97 Å². The van der Waals surface area contributed by atoms with E-state index in [-0.39, 0.29) is 11.1 Å². The first-order valence-corrected chi connectivity index (χ1v) is 8.83. The molecule has 0 spiro atoms. The zero-order valence-corrected chi connectivity index (χ0v) is 13.9. The summed E-state index contributed by atoms with van der Waals surface area (Å²) >= 11 is 1.46. The zero-order valence-electron chi connectivity index (χ0n) is 13.1. The van der Waals surface area contributed by atoms with Gasteiger partial charge in [-0.05, 0) is 48.4 Å². The van der Waals surface area contributed by atoms with Gasteiger partial charge in [0.25, 0.3) is 5.56 Å². The predicted molar refractivity (Wildman–Crippen MR) is 94.6 cm³/mol. The van der Waals surface area contributed by atoms with Crippen LogP contribution in [0.2, 0.25) is 0 Å². The van der Waals surface area contributed by atoms with Crippen LogP contribution in [-0.2, 0) is 18.6 Å². The number of aromatic carboxylic acids is 1. The quantitative estimate of drug-likeness (QED) is 0.574. The first-order chi connectivity index (χ1) is 11.6. The highest BCUT2D eigenvalue weighted by molar-refractivity contribution is 7.98. The Kier molecular flexibility index (Phi) is 4.85. The van der Waals surface area contributed by atoms with Crippen LogP contribution >= 0.6 is 11.8 Å². The Hall–Kier alpha value is -2.34. The summed E-state index contributed by atoms with van der Waals surface area (Å²) in [5.74, 6) is -0.463. The summed E-state index contributed by atoms with van der Waals surface area (Å²) in [5, 5.41) is 17.6. The summed E-state index contributed by atoms with van der Waals surface area (Å²) < 4.78 is 0. The summed E-state index contributed by atoms with van der Waals surface area (Å²) in [6.45, 7) is 0. The zero-order chi connectivity index (χ0) is 17.1. The number of carbonyl (C=O) groups is 1. The van der Waals surface area contributed by atoms with Crippen molar-refractivity contribution >= 4 is 23.9 Å². The van der Waals surface area contributed by atoms with Crippen molar-refractivity contribution in [3.8, 4) is 0 Å². The van der Waals surface area contributed by atoms with E-state index in [1.54, 1.807) is 18.2 Å². The van der Waals surface area contributed by atoms with Crippen LogP contribution in [0.1, 0.15) is 45.5 Å². The lowest BCUT2D eigenvalue weighted by Gasteiger charge is -2.20. The number of hydrogen-bond donors (Lipinski definition) is 3. The predicted octanol–water partition coefficient (Wildman–Crippen LogP) is 3.24. The number of rotatable bonds is 5. The van der Waals surface area contributed by atoms with Crippen molar-refractivity contribution in [1.29, 1.82) is 5.41 Å². The third-order valence-electron chi connectivity index (χ3n) is 4.30. The number of carboxylic acid groups (broad SMARTS) is 1. The number of nitrogens with one attached hydrogen (secondary N) is 2. The average molecular weight is 342 g/mol. The van der Waals surface area contributed by atoms with Gasteiger partial charge in [0, 0.05) is 12.0 Å². The van der Waals surface area contributed by atoms with Crippen molar-refractivity contribution in [2.45, 2.75) is 36.5 Å². The van der Waals surface area contributed by atoms with Crippen LogP contribution in [0.25, 0.3) is 0 Å². The first kappa shape index (κ1) is 16.5. The molecule has 5 nitrogen and oxygen atoms in total. The van der Waals surface area contributed by atoms with Gasteiger partial charge in [0.05, 0.1) is 16.2 Å². The molecule has 1 heterocycles. The van der Waals surface area contributed by atoms with Crippen molar-refractivity contribution in [2.24, 2.45) is 0 Å². The Bertz CT molecular complexity index is 858. The molecular formula is C18H18N2O3S. The number of benzene rings is 1. The van der Waals surface area contributed by atoms with Gasteiger partial charge in [-0.3, -0.25) is 4.79 Å². The second kappa shape index (κ2) is 7.05. The van der Waals surface area contributed by atoms with E-state index in [1.165, 1.54) is 11.8 Å². The lowest BCUT2D eigenvalue weighted by molar-refractivity contribution is 0.0696. The average Bonchev–Trinajstić information content (AvgIpc) is 2.60. The minimum atomic E-state index is -0.944. The normalized spacial score (nSPS) is 13.3. The highest BCUT2D eigenvalue weighted by Crippen LogP contribution is 2.32. The van der Waals surface area contributed by atoms with Crippen LogP contribution in [-0.4, -0.2) is 22.3 Å². The molecule has 0 amide bonds. The summed E-state index contributed by atoms with van der Waals surface area (Å²) in [4.78, 5) is 26.4. The molecule has 0 radical (unpaired) electrons. The molecule has 1 aromatic carbocycles. The Labute approximate surface area is 143 Å². The maximum absolute atomic E-state index is 12.2. The Balaban J connectivity index is 1.94. The number of carboxylic acids is 1. The molecule has 0 aliphatic heterocycles. The first-order valence-electron chi connectivity index (χ1n) is 7.84. The smallest absolute Gasteiger partial charge is 0.335 e. The summed E-state index contributed by atoms with van der Waals surface area (Å²) in [5.41, 5.74) is 3.33. The van der Waals surface area contributed by atoms with Gasteiger partial charge in [-0.25, -0.2) is 4.79 Å². The molecule has 3 rings (SSSR count). The molecule has 1 aliphatic carbocycles. The molecule has 2 aromatic rings. The van der Waals surface area contributed by atoms with Gasteiger partial charge in [0.15, 0.2) is 0 Å². The van der Waals surface area contributed by atoms with Crippen LogP contribution in [0.3, 0.4) is 0 Å². The Morgan fingerprint density at radius 3 is 2.67 bits per heavy atom. The number of hydrogen-bond acceptors (Lipinski definition) is 4. The van der Waals surface area contributed by atoms with Crippen molar-refractivity contribution in [2.75, 3.05) is 0 Å². The molecule has 0 bridgehead atoms. The minimum absolute atomic E-state index is 0.236. The van der Waals surface area contributed by atoms with Gasteiger partial charge < -0.3 is 15.5 Å². The Morgan fingerprint density at radius 2 is 1.96 bits per heavy atom. The maximum atomic E-state index is 12.2. The second-order valence-electron chi connectivity index (χ2n) is 5.76. The molecule has 24 heavy (non-hydrogen) atoms. The molecule has 6 heteroatoms. The molecule has 1 aromatic heterocycles. The van der Waals surface area contributed by atoms with Gasteiger partial charge in [-0.15, -0.1) is 11.8 Å². The summed E-state index contributed by atoms with van der Waals surface area (Å²) in [6, 6.07) is 6.92. The lowest BCUT2D eigenvalue weighted by Crippen LogP contribution is -2.21. The second-order valence-corrected chi connectivity index (χ2v) is 6.74. The third kappa shape index (κ3) is 3.14. The molecule has 0 fully saturated rings. The van der Waals surface area contributed by atoms with E-state index >= 15 is 0 Å². The van der Waals surface area contributed by atoms with Gasteiger partial charge in [0.1, 0.15) is 0 Å². The van der Waals surface area contributed by atoms with Crippen LogP contribution in [0.4, 0.5) is 0 Å². The minimum Gasteiger partial charge on any atom is -0.478 e. The fraction of sp³-hybridized carbons (Fsp3) is 0.278. The number of pyridine rings is 1. The van der Waals surface area contributed by atoms with E-state index in [0.717, 1.165) is 53.6 Å². The monoisotopic (exact) mass is 342 g/mol. The molecule has 0 saturated heterocycles. The number of aromatic amines is 1. The van der Waals surface area contributed by atoms with E-state index in [4.69, 9.17) is 5.41 Å². The molecule has 1 aliphatic rings. The van der Waals surface area contributed by atoms with E-state index in [0.29, 0.717) is 11.3 Å². The molecule has 124 valence electrons. The standard InChI is InChI=1S/C18H18N2O3S/c19-9-15-13-7-3-4-8-14(13)17(20-16(15)21)24-10-11-5-1-2-6-12(11)18(22)23/h1-2,5-6,9,19H,3-4,7-8,10H2,(H,20,21)(H,22,23). The molecule has 3 N–H and O–H groups in total. The maximum Gasteiger partial charge on any atom is 0.335 e. The lowest BCUT2D eigenvalue weighted by atomic mass is 9.90. The molecule has 0 atom stereocenters. The molecule has 0 unspecified atom stereocenters. The Morgan fingerprint density at radius 1 is 1.25 bits per heavy atom. The SMILES string of the molecule is N=Cc1c2c(c(SCc3ccccc3C(=O)O)[nH]c1=O)CCCC2. The van der Waals surface area contributed by atoms with Crippen molar-refractivity contribution < 1.29 is 9.90 Å². The highest BCUT2D eigenvalue weighted by atomic mass is 32.2. The van der Waals surface area contributed by atoms with Crippen LogP contribution in [0.5, 0.6) is 0 Å². The number of fused-ring (bicyclic) bond motifs is 1. The number of aromatic nitrogens is 1. The fourth-order valence-electron chi connectivity index (χ4n) is 3.12. The number of thioether (sulfide) groups is 1. The van der Waals surface area contributed by atoms with E-state index in [9.17, 15) is 14.7 Å². The highest BCUT2D eigenvalue weighted by Gasteiger charge is 2.20. The fourth-order valence-corrected chi connectivity index (χ4v) is 4.23. The third-order valence-corrected chi connectivity index (χ3v) is 5.40. The largest absolute Gasteiger partial charge is 0.478 e. The topological polar surface area (TPSA) is 94.0 Å². The summed E-state index contributed by atoms with van der Waals surface area (Å²) in [7, 11) is 0. The number of H-pyrrole nitrogens is 1. The van der Waals surface area contributed by atoms with Crippen LogP contribution < -0.4 is 5.56 Å².